The zero-order valence-corrected chi connectivity index (χ0v) is 13.2. The Hall–Kier alpha value is -1.81. The van der Waals surface area contributed by atoms with E-state index in [1.807, 2.05) is 13.1 Å². The predicted octanol–water partition coefficient (Wildman–Crippen LogP) is 3.89. The molecular formula is C17H20N2OS. The van der Waals surface area contributed by atoms with Crippen LogP contribution in [-0.4, -0.2) is 18.0 Å². The van der Waals surface area contributed by atoms with Gasteiger partial charge in [-0.25, -0.2) is 4.79 Å². The zero-order chi connectivity index (χ0) is 14.8. The second-order valence-electron chi connectivity index (χ2n) is 5.62. The standard InChI is InChI=1S/C17H20N2OS/c1-12-9-10-21-16(12)11-19(2)17(20)18-15-8-7-13-5-3-4-6-14(13)15/h3-6,9-10,15H,7-8,11H2,1-2H3,(H,18,20)/t15-/m1/s1. The van der Waals surface area contributed by atoms with Crippen LogP contribution in [0.5, 0.6) is 0 Å². The Morgan fingerprint density at radius 1 is 1.38 bits per heavy atom. The molecule has 1 heterocycles. The maximum atomic E-state index is 12.4. The highest BCUT2D eigenvalue weighted by atomic mass is 32.1. The Morgan fingerprint density at radius 3 is 2.95 bits per heavy atom. The second kappa shape index (κ2) is 5.90. The van der Waals surface area contributed by atoms with Crippen LogP contribution in [-0.2, 0) is 13.0 Å². The Labute approximate surface area is 129 Å². The van der Waals surface area contributed by atoms with Gasteiger partial charge in [0.2, 0.25) is 0 Å². The average Bonchev–Trinajstić information content (AvgIpc) is 3.07. The van der Waals surface area contributed by atoms with Gasteiger partial charge in [-0.1, -0.05) is 24.3 Å². The monoisotopic (exact) mass is 300 g/mol. The molecule has 2 aromatic rings. The number of nitrogens with one attached hydrogen (secondary N) is 1. The molecule has 1 atom stereocenters. The highest BCUT2D eigenvalue weighted by molar-refractivity contribution is 7.10. The van der Waals surface area contributed by atoms with Gasteiger partial charge < -0.3 is 10.2 Å². The van der Waals surface area contributed by atoms with Crippen LogP contribution >= 0.6 is 11.3 Å². The number of urea groups is 1. The summed E-state index contributed by atoms with van der Waals surface area (Å²) in [5.41, 5.74) is 3.89. The predicted molar refractivity (Wildman–Crippen MR) is 86.6 cm³/mol. The van der Waals surface area contributed by atoms with E-state index in [4.69, 9.17) is 0 Å². The first-order chi connectivity index (χ1) is 10.1. The SMILES string of the molecule is Cc1ccsc1CN(C)C(=O)N[C@@H]1CCc2ccccc21. The number of nitrogens with zero attached hydrogens (tertiary/aromatic N) is 1. The quantitative estimate of drug-likeness (QED) is 0.916. The highest BCUT2D eigenvalue weighted by Crippen LogP contribution is 2.30. The Balaban J connectivity index is 1.63. The summed E-state index contributed by atoms with van der Waals surface area (Å²) in [6.45, 7) is 2.76. The molecule has 3 rings (SSSR count). The van der Waals surface area contributed by atoms with Crippen LogP contribution in [0.4, 0.5) is 4.79 Å². The first-order valence-electron chi connectivity index (χ1n) is 7.27. The molecule has 1 aromatic carbocycles. The van der Waals surface area contributed by atoms with Crippen molar-refractivity contribution >= 4 is 17.4 Å². The van der Waals surface area contributed by atoms with Crippen molar-refractivity contribution in [2.75, 3.05) is 7.05 Å². The average molecular weight is 300 g/mol. The first kappa shape index (κ1) is 14.1. The van der Waals surface area contributed by atoms with Crippen molar-refractivity contribution in [2.45, 2.75) is 32.4 Å². The molecule has 0 aliphatic heterocycles. The number of thiophene rings is 1. The summed E-state index contributed by atoms with van der Waals surface area (Å²) in [5, 5.41) is 5.23. The lowest BCUT2D eigenvalue weighted by atomic mass is 10.1. The van der Waals surface area contributed by atoms with Crippen molar-refractivity contribution in [1.82, 2.24) is 10.2 Å². The topological polar surface area (TPSA) is 32.3 Å². The van der Waals surface area contributed by atoms with Crippen molar-refractivity contribution in [3.8, 4) is 0 Å². The van der Waals surface area contributed by atoms with Crippen LogP contribution in [0.2, 0.25) is 0 Å². The maximum absolute atomic E-state index is 12.4. The van der Waals surface area contributed by atoms with E-state index >= 15 is 0 Å². The van der Waals surface area contributed by atoms with Gasteiger partial charge in [0, 0.05) is 11.9 Å². The molecule has 0 saturated heterocycles. The number of aryl methyl sites for hydroxylation is 2. The lowest BCUT2D eigenvalue weighted by Crippen LogP contribution is -2.38. The maximum Gasteiger partial charge on any atom is 0.317 e. The summed E-state index contributed by atoms with van der Waals surface area (Å²) in [5.74, 6) is 0. The lowest BCUT2D eigenvalue weighted by molar-refractivity contribution is 0.203. The number of benzene rings is 1. The van der Waals surface area contributed by atoms with Gasteiger partial charge in [-0.15, -0.1) is 11.3 Å². The summed E-state index contributed by atoms with van der Waals surface area (Å²) in [6, 6.07) is 10.6. The number of carbonyl (C=O) groups is 1. The molecule has 0 fully saturated rings. The van der Waals surface area contributed by atoms with Gasteiger partial charge in [-0.3, -0.25) is 0 Å². The van der Waals surface area contributed by atoms with Gasteiger partial charge in [0.25, 0.3) is 0 Å². The zero-order valence-electron chi connectivity index (χ0n) is 12.4. The number of rotatable bonds is 3. The number of amides is 2. The fraction of sp³-hybridized carbons (Fsp3) is 0.353. The molecule has 0 unspecified atom stereocenters. The van der Waals surface area contributed by atoms with Crippen LogP contribution < -0.4 is 5.32 Å². The third-order valence-corrected chi connectivity index (χ3v) is 5.13. The van der Waals surface area contributed by atoms with Gasteiger partial charge >= 0.3 is 6.03 Å². The molecule has 1 aromatic heterocycles. The molecule has 1 aliphatic carbocycles. The molecule has 110 valence electrons. The summed E-state index contributed by atoms with van der Waals surface area (Å²) < 4.78 is 0. The van der Waals surface area contributed by atoms with E-state index in [0.717, 1.165) is 12.8 Å². The molecule has 0 spiro atoms. The van der Waals surface area contributed by atoms with Crippen molar-refractivity contribution in [1.29, 1.82) is 0 Å². The van der Waals surface area contributed by atoms with Crippen molar-refractivity contribution in [2.24, 2.45) is 0 Å². The van der Waals surface area contributed by atoms with E-state index in [9.17, 15) is 4.79 Å². The smallest absolute Gasteiger partial charge is 0.317 e. The van der Waals surface area contributed by atoms with Crippen molar-refractivity contribution < 1.29 is 4.79 Å². The fourth-order valence-corrected chi connectivity index (χ4v) is 3.78. The lowest BCUT2D eigenvalue weighted by Gasteiger charge is -2.21. The van der Waals surface area contributed by atoms with Gasteiger partial charge in [-0.05, 0) is 47.9 Å². The van der Waals surface area contributed by atoms with E-state index < -0.39 is 0 Å². The molecule has 1 aliphatic rings. The molecule has 1 N–H and O–H groups in total. The van der Waals surface area contributed by atoms with E-state index in [1.165, 1.54) is 21.6 Å². The normalized spacial score (nSPS) is 16.6. The summed E-state index contributed by atoms with van der Waals surface area (Å²) in [6.07, 6.45) is 2.05. The van der Waals surface area contributed by atoms with Crippen molar-refractivity contribution in [3.05, 3.63) is 57.3 Å². The minimum absolute atomic E-state index is 0.00417. The van der Waals surface area contributed by atoms with Crippen LogP contribution in [0, 0.1) is 6.92 Å². The summed E-state index contributed by atoms with van der Waals surface area (Å²) in [7, 11) is 1.86. The number of fused-ring (bicyclic) bond motifs is 1. The number of hydrogen-bond donors (Lipinski definition) is 1. The van der Waals surface area contributed by atoms with Gasteiger partial charge in [0.1, 0.15) is 0 Å². The largest absolute Gasteiger partial charge is 0.331 e. The van der Waals surface area contributed by atoms with Gasteiger partial charge in [0.15, 0.2) is 0 Å². The molecule has 2 amide bonds. The van der Waals surface area contributed by atoms with Gasteiger partial charge in [0.05, 0.1) is 12.6 Å². The molecule has 3 nitrogen and oxygen atoms in total. The molecule has 4 heteroatoms. The molecule has 0 bridgehead atoms. The molecule has 0 radical (unpaired) electrons. The summed E-state index contributed by atoms with van der Waals surface area (Å²) >= 11 is 1.70. The van der Waals surface area contributed by atoms with E-state index in [1.54, 1.807) is 16.2 Å². The fourth-order valence-electron chi connectivity index (χ4n) is 2.82. The van der Waals surface area contributed by atoms with Crippen LogP contribution in [0.15, 0.2) is 35.7 Å². The van der Waals surface area contributed by atoms with E-state index in [-0.39, 0.29) is 12.1 Å². The number of hydrogen-bond acceptors (Lipinski definition) is 2. The minimum atomic E-state index is 0.00417. The van der Waals surface area contributed by atoms with E-state index in [2.05, 4.69) is 41.9 Å². The third-order valence-electron chi connectivity index (χ3n) is 4.13. The van der Waals surface area contributed by atoms with E-state index in [0.29, 0.717) is 6.54 Å². The Kier molecular flexibility index (Phi) is 3.97. The second-order valence-corrected chi connectivity index (χ2v) is 6.62. The van der Waals surface area contributed by atoms with Crippen LogP contribution in [0.3, 0.4) is 0 Å². The highest BCUT2D eigenvalue weighted by Gasteiger charge is 2.24. The summed E-state index contributed by atoms with van der Waals surface area (Å²) in [4.78, 5) is 15.4. The van der Waals surface area contributed by atoms with Crippen LogP contribution in [0.25, 0.3) is 0 Å². The minimum Gasteiger partial charge on any atom is -0.331 e. The molecule has 21 heavy (non-hydrogen) atoms. The molecule has 0 saturated carbocycles. The number of carbonyl (C=O) groups excluding carboxylic acids is 1. The third kappa shape index (κ3) is 2.95. The Bertz CT molecular complexity index is 650. The van der Waals surface area contributed by atoms with Gasteiger partial charge in [-0.2, -0.15) is 0 Å². The van der Waals surface area contributed by atoms with Crippen LogP contribution in [0.1, 0.15) is 34.0 Å². The first-order valence-corrected chi connectivity index (χ1v) is 8.15. The Morgan fingerprint density at radius 2 is 2.19 bits per heavy atom. The van der Waals surface area contributed by atoms with Crippen molar-refractivity contribution in [3.63, 3.8) is 0 Å². The molecular weight excluding hydrogens is 280 g/mol.